The molecular formula is C20H14BrN3O2. The number of aromatic hydroxyl groups is 1. The second kappa shape index (κ2) is 6.38. The van der Waals surface area contributed by atoms with E-state index in [4.69, 9.17) is 0 Å². The second-order valence-corrected chi connectivity index (χ2v) is 6.82. The number of rotatable bonds is 2. The molecule has 0 fully saturated rings. The summed E-state index contributed by atoms with van der Waals surface area (Å²) in [6.45, 7) is 1.73. The summed E-state index contributed by atoms with van der Waals surface area (Å²) in [6.07, 6.45) is 1.50. The SMILES string of the molecule is Cc1nc2ccc(Br)cc2c(=O)n1N=Cc1c(O)ccc2ccccc12. The number of phenolic OH excluding ortho intramolecular Hbond substituents is 1. The topological polar surface area (TPSA) is 67.5 Å². The first kappa shape index (κ1) is 16.5. The zero-order valence-electron chi connectivity index (χ0n) is 13.8. The van der Waals surface area contributed by atoms with Crippen molar-refractivity contribution in [3.63, 3.8) is 0 Å². The first-order chi connectivity index (χ1) is 12.5. The molecule has 128 valence electrons. The van der Waals surface area contributed by atoms with Crippen molar-refractivity contribution in [1.29, 1.82) is 0 Å². The number of nitrogens with zero attached hydrogens (tertiary/aromatic N) is 3. The van der Waals surface area contributed by atoms with Crippen molar-refractivity contribution in [2.75, 3.05) is 0 Å². The van der Waals surface area contributed by atoms with Crippen LogP contribution in [0.15, 0.2) is 69.0 Å². The smallest absolute Gasteiger partial charge is 0.282 e. The van der Waals surface area contributed by atoms with Crippen LogP contribution in [0.5, 0.6) is 5.75 Å². The highest BCUT2D eigenvalue weighted by atomic mass is 79.9. The lowest BCUT2D eigenvalue weighted by Gasteiger charge is -2.07. The molecule has 1 N–H and O–H groups in total. The van der Waals surface area contributed by atoms with Crippen molar-refractivity contribution in [2.24, 2.45) is 5.10 Å². The van der Waals surface area contributed by atoms with Gasteiger partial charge < -0.3 is 5.11 Å². The predicted octanol–water partition coefficient (Wildman–Crippen LogP) is 4.21. The Balaban J connectivity index is 1.91. The number of hydrogen-bond donors (Lipinski definition) is 1. The van der Waals surface area contributed by atoms with Crippen LogP contribution >= 0.6 is 15.9 Å². The van der Waals surface area contributed by atoms with Crippen LogP contribution in [0.2, 0.25) is 0 Å². The van der Waals surface area contributed by atoms with Gasteiger partial charge in [-0.1, -0.05) is 46.3 Å². The fourth-order valence-corrected chi connectivity index (χ4v) is 3.29. The van der Waals surface area contributed by atoms with E-state index in [1.807, 2.05) is 36.4 Å². The van der Waals surface area contributed by atoms with E-state index in [1.165, 1.54) is 10.9 Å². The molecule has 1 heterocycles. The van der Waals surface area contributed by atoms with Crippen LogP contribution in [0.1, 0.15) is 11.4 Å². The largest absolute Gasteiger partial charge is 0.507 e. The Morgan fingerprint density at radius 2 is 1.92 bits per heavy atom. The van der Waals surface area contributed by atoms with Gasteiger partial charge in [0.25, 0.3) is 5.56 Å². The third-order valence-electron chi connectivity index (χ3n) is 4.22. The third kappa shape index (κ3) is 2.78. The van der Waals surface area contributed by atoms with Gasteiger partial charge in [-0.25, -0.2) is 4.98 Å². The van der Waals surface area contributed by atoms with Crippen LogP contribution in [0, 0.1) is 6.92 Å². The van der Waals surface area contributed by atoms with E-state index in [2.05, 4.69) is 26.0 Å². The maximum Gasteiger partial charge on any atom is 0.282 e. The first-order valence-corrected chi connectivity index (χ1v) is 8.78. The standard InChI is InChI=1S/C20H14BrN3O2/c1-12-23-18-8-7-14(21)10-16(18)20(26)24(12)22-11-17-15-5-3-2-4-13(15)6-9-19(17)25/h2-11,25H,1H3. The number of phenols is 1. The lowest BCUT2D eigenvalue weighted by Crippen LogP contribution is -2.20. The molecule has 26 heavy (non-hydrogen) atoms. The molecule has 0 aliphatic rings. The van der Waals surface area contributed by atoms with Gasteiger partial charge in [-0.15, -0.1) is 0 Å². The predicted molar refractivity (Wildman–Crippen MR) is 107 cm³/mol. The van der Waals surface area contributed by atoms with Gasteiger partial charge in [-0.05, 0) is 42.0 Å². The zero-order valence-corrected chi connectivity index (χ0v) is 15.4. The molecule has 0 saturated heterocycles. The summed E-state index contributed by atoms with van der Waals surface area (Å²) < 4.78 is 2.05. The molecular weight excluding hydrogens is 394 g/mol. The second-order valence-electron chi connectivity index (χ2n) is 5.90. The molecule has 0 aliphatic carbocycles. The van der Waals surface area contributed by atoms with Gasteiger partial charge in [0, 0.05) is 10.0 Å². The average Bonchev–Trinajstić information content (AvgIpc) is 2.64. The number of fused-ring (bicyclic) bond motifs is 2. The summed E-state index contributed by atoms with van der Waals surface area (Å²) in [4.78, 5) is 17.2. The van der Waals surface area contributed by atoms with Crippen molar-refractivity contribution in [3.8, 4) is 5.75 Å². The lowest BCUT2D eigenvalue weighted by molar-refractivity contribution is 0.475. The molecule has 0 spiro atoms. The number of hydrogen-bond acceptors (Lipinski definition) is 4. The Morgan fingerprint density at radius 1 is 1.12 bits per heavy atom. The van der Waals surface area contributed by atoms with Crippen LogP contribution in [0.3, 0.4) is 0 Å². The summed E-state index contributed by atoms with van der Waals surface area (Å²) in [5.74, 6) is 0.579. The molecule has 0 unspecified atom stereocenters. The third-order valence-corrected chi connectivity index (χ3v) is 4.71. The van der Waals surface area contributed by atoms with Gasteiger partial charge >= 0.3 is 0 Å². The molecule has 0 aliphatic heterocycles. The van der Waals surface area contributed by atoms with Gasteiger partial charge in [0.15, 0.2) is 0 Å². The first-order valence-electron chi connectivity index (χ1n) is 7.98. The Kier molecular flexibility index (Phi) is 4.05. The van der Waals surface area contributed by atoms with E-state index in [1.54, 1.807) is 25.1 Å². The zero-order chi connectivity index (χ0) is 18.3. The maximum absolute atomic E-state index is 12.8. The number of aryl methyl sites for hydroxylation is 1. The normalized spacial score (nSPS) is 11.6. The van der Waals surface area contributed by atoms with Crippen LogP contribution in [-0.2, 0) is 0 Å². The van der Waals surface area contributed by atoms with Gasteiger partial charge in [0.05, 0.1) is 17.1 Å². The summed E-state index contributed by atoms with van der Waals surface area (Å²) >= 11 is 3.37. The molecule has 1 aromatic heterocycles. The molecule has 0 amide bonds. The highest BCUT2D eigenvalue weighted by Gasteiger charge is 2.09. The van der Waals surface area contributed by atoms with Crippen molar-refractivity contribution >= 4 is 43.8 Å². The molecule has 0 atom stereocenters. The van der Waals surface area contributed by atoms with Gasteiger partial charge in [-0.3, -0.25) is 4.79 Å². The Labute approximate surface area is 157 Å². The summed E-state index contributed by atoms with van der Waals surface area (Å²) in [6, 6.07) is 16.5. The summed E-state index contributed by atoms with van der Waals surface area (Å²) in [5.41, 5.74) is 0.920. The Hall–Kier alpha value is -2.99. The quantitative estimate of drug-likeness (QED) is 0.506. The minimum Gasteiger partial charge on any atom is -0.507 e. The van der Waals surface area contributed by atoms with E-state index in [0.717, 1.165) is 15.2 Å². The molecule has 5 nitrogen and oxygen atoms in total. The monoisotopic (exact) mass is 407 g/mol. The van der Waals surface area contributed by atoms with Crippen LogP contribution < -0.4 is 5.56 Å². The van der Waals surface area contributed by atoms with Crippen LogP contribution in [-0.4, -0.2) is 21.0 Å². The molecule has 6 heteroatoms. The fraction of sp³-hybridized carbons (Fsp3) is 0.0500. The molecule has 0 bridgehead atoms. The van der Waals surface area contributed by atoms with Gasteiger partial charge in [0.1, 0.15) is 11.6 Å². The molecule has 0 radical (unpaired) electrons. The highest BCUT2D eigenvalue weighted by molar-refractivity contribution is 9.10. The molecule has 4 aromatic rings. The van der Waals surface area contributed by atoms with E-state index < -0.39 is 0 Å². The number of benzene rings is 3. The van der Waals surface area contributed by atoms with E-state index in [-0.39, 0.29) is 11.3 Å². The highest BCUT2D eigenvalue weighted by Crippen LogP contribution is 2.25. The Bertz CT molecular complexity index is 1250. The van der Waals surface area contributed by atoms with Crippen molar-refractivity contribution in [2.45, 2.75) is 6.92 Å². The Morgan fingerprint density at radius 3 is 2.77 bits per heavy atom. The number of aromatic nitrogens is 2. The van der Waals surface area contributed by atoms with Crippen LogP contribution in [0.25, 0.3) is 21.7 Å². The van der Waals surface area contributed by atoms with E-state index in [9.17, 15) is 9.90 Å². The molecule has 4 rings (SSSR count). The van der Waals surface area contributed by atoms with Crippen molar-refractivity contribution < 1.29 is 5.11 Å². The van der Waals surface area contributed by atoms with Gasteiger partial charge in [0.2, 0.25) is 0 Å². The van der Waals surface area contributed by atoms with Gasteiger partial charge in [-0.2, -0.15) is 9.78 Å². The van der Waals surface area contributed by atoms with Crippen molar-refractivity contribution in [1.82, 2.24) is 9.66 Å². The van der Waals surface area contributed by atoms with Crippen molar-refractivity contribution in [3.05, 3.63) is 80.8 Å². The lowest BCUT2D eigenvalue weighted by atomic mass is 10.0. The fourth-order valence-electron chi connectivity index (χ4n) is 2.93. The minimum atomic E-state index is -0.259. The minimum absolute atomic E-state index is 0.106. The number of halogens is 1. The van der Waals surface area contributed by atoms with E-state index in [0.29, 0.717) is 22.3 Å². The molecule has 0 saturated carbocycles. The van der Waals surface area contributed by atoms with Crippen LogP contribution in [0.4, 0.5) is 0 Å². The summed E-state index contributed by atoms with van der Waals surface area (Å²) in [5, 5.41) is 16.9. The average molecular weight is 408 g/mol. The molecule has 3 aromatic carbocycles. The maximum atomic E-state index is 12.8. The summed E-state index contributed by atoms with van der Waals surface area (Å²) in [7, 11) is 0. The van der Waals surface area contributed by atoms with E-state index >= 15 is 0 Å².